The molecule has 21 heavy (non-hydrogen) atoms. The van der Waals surface area contributed by atoms with Crippen LogP contribution in [0.5, 0.6) is 0 Å². The monoisotopic (exact) mass is 341 g/mol. The average molecular weight is 342 g/mol. The second kappa shape index (κ2) is 6.15. The molecule has 0 N–H and O–H groups in total. The van der Waals surface area contributed by atoms with Gasteiger partial charge in [-0.3, -0.25) is 4.99 Å². The zero-order chi connectivity index (χ0) is 14.8. The van der Waals surface area contributed by atoms with Crippen LogP contribution in [0, 0.1) is 6.92 Å². The zero-order valence-corrected chi connectivity index (χ0v) is 14.2. The predicted octanol–water partition coefficient (Wildman–Crippen LogP) is 5.61. The number of fused-ring (bicyclic) bond motifs is 1. The second-order valence-corrected chi connectivity index (χ2v) is 6.54. The maximum atomic E-state index is 4.67. The first-order valence-electron chi connectivity index (χ1n) is 7.60. The highest BCUT2D eigenvalue weighted by molar-refractivity contribution is 9.12. The van der Waals surface area contributed by atoms with Crippen molar-refractivity contribution in [2.24, 2.45) is 4.99 Å². The number of rotatable bonds is 2. The Morgan fingerprint density at radius 3 is 2.95 bits per heavy atom. The number of halogens is 1. The molecular weight excluding hydrogens is 322 g/mol. The minimum Gasteiger partial charge on any atom is -0.285 e. The van der Waals surface area contributed by atoms with Gasteiger partial charge in [0.1, 0.15) is 0 Å². The third-order valence-electron chi connectivity index (χ3n) is 4.17. The van der Waals surface area contributed by atoms with E-state index in [9.17, 15) is 0 Å². The van der Waals surface area contributed by atoms with E-state index in [2.05, 4.69) is 77.4 Å². The molecule has 1 heterocycles. The van der Waals surface area contributed by atoms with E-state index in [1.165, 1.54) is 32.3 Å². The summed E-state index contributed by atoms with van der Waals surface area (Å²) in [5.41, 5.74) is 6.65. The Labute approximate surface area is 135 Å². The van der Waals surface area contributed by atoms with Crippen molar-refractivity contribution in [3.05, 3.63) is 63.2 Å². The SMILES string of the molecule is CCC1=C2C(Br)=CC(c3cccc(C)c3)=CCCC2N=C1. The van der Waals surface area contributed by atoms with Gasteiger partial charge in [0, 0.05) is 10.7 Å². The van der Waals surface area contributed by atoms with E-state index >= 15 is 0 Å². The third-order valence-corrected chi connectivity index (χ3v) is 4.82. The molecule has 1 aromatic carbocycles. The first-order chi connectivity index (χ1) is 10.2. The van der Waals surface area contributed by atoms with Gasteiger partial charge in [-0.2, -0.15) is 0 Å². The number of nitrogens with zero attached hydrogens (tertiary/aromatic N) is 1. The van der Waals surface area contributed by atoms with E-state index in [0.29, 0.717) is 6.04 Å². The highest BCUT2D eigenvalue weighted by Gasteiger charge is 2.24. The van der Waals surface area contributed by atoms with E-state index in [1.54, 1.807) is 0 Å². The van der Waals surface area contributed by atoms with Crippen molar-refractivity contribution >= 4 is 27.7 Å². The van der Waals surface area contributed by atoms with Crippen LogP contribution in [0.3, 0.4) is 0 Å². The van der Waals surface area contributed by atoms with Gasteiger partial charge in [0.25, 0.3) is 0 Å². The number of benzene rings is 1. The van der Waals surface area contributed by atoms with Crippen molar-refractivity contribution in [2.45, 2.75) is 39.2 Å². The molecular formula is C19H20BrN. The quantitative estimate of drug-likeness (QED) is 0.662. The van der Waals surface area contributed by atoms with E-state index < -0.39 is 0 Å². The predicted molar refractivity (Wildman–Crippen MR) is 95.0 cm³/mol. The summed E-state index contributed by atoms with van der Waals surface area (Å²) < 4.78 is 1.19. The normalized spacial score (nSPS) is 21.6. The molecule has 0 saturated heterocycles. The van der Waals surface area contributed by atoms with Gasteiger partial charge in [-0.25, -0.2) is 0 Å². The van der Waals surface area contributed by atoms with Crippen molar-refractivity contribution in [3.63, 3.8) is 0 Å². The highest BCUT2D eigenvalue weighted by Crippen LogP contribution is 2.36. The van der Waals surface area contributed by atoms with Crippen molar-refractivity contribution in [1.82, 2.24) is 0 Å². The summed E-state index contributed by atoms with van der Waals surface area (Å²) >= 11 is 3.80. The number of hydrogen-bond acceptors (Lipinski definition) is 1. The Hall–Kier alpha value is -1.41. The van der Waals surface area contributed by atoms with E-state index in [-0.39, 0.29) is 0 Å². The second-order valence-electron chi connectivity index (χ2n) is 5.69. The number of aliphatic imine (C=N–C) groups is 1. The fourth-order valence-corrected chi connectivity index (χ4v) is 3.81. The lowest BCUT2D eigenvalue weighted by atomic mass is 9.92. The van der Waals surface area contributed by atoms with E-state index in [1.807, 2.05) is 0 Å². The molecule has 1 atom stereocenters. The van der Waals surface area contributed by atoms with Crippen LogP contribution in [0.15, 0.2) is 57.0 Å². The summed E-state index contributed by atoms with van der Waals surface area (Å²) in [6.45, 7) is 4.34. The highest BCUT2D eigenvalue weighted by atomic mass is 79.9. The lowest BCUT2D eigenvalue weighted by molar-refractivity contribution is 0.720. The molecule has 0 amide bonds. The van der Waals surface area contributed by atoms with Crippen molar-refractivity contribution in [1.29, 1.82) is 0 Å². The standard InChI is InChI=1S/C19H20BrN/c1-3-14-12-21-18-9-5-8-16(11-17(20)19(14)18)15-7-4-6-13(2)10-15/h4,6-8,10-12,18H,3,5,9H2,1-2H3. The molecule has 2 heteroatoms. The summed E-state index contributed by atoms with van der Waals surface area (Å²) in [4.78, 5) is 4.67. The Balaban J connectivity index is 2.02. The summed E-state index contributed by atoms with van der Waals surface area (Å²) in [7, 11) is 0. The number of aryl methyl sites for hydroxylation is 1. The molecule has 3 rings (SSSR count). The molecule has 0 bridgehead atoms. The van der Waals surface area contributed by atoms with Gasteiger partial charge in [0.05, 0.1) is 6.04 Å². The molecule has 1 aliphatic heterocycles. The van der Waals surface area contributed by atoms with Crippen LogP contribution in [0.2, 0.25) is 0 Å². The van der Waals surface area contributed by atoms with Crippen LogP contribution in [-0.2, 0) is 0 Å². The molecule has 2 aliphatic rings. The molecule has 108 valence electrons. The Morgan fingerprint density at radius 2 is 2.19 bits per heavy atom. The minimum absolute atomic E-state index is 0.334. The summed E-state index contributed by atoms with van der Waals surface area (Å²) in [5, 5.41) is 0. The maximum absolute atomic E-state index is 4.67. The lowest BCUT2D eigenvalue weighted by Gasteiger charge is -2.17. The fraction of sp³-hybridized carbons (Fsp3) is 0.316. The molecule has 0 saturated carbocycles. The Kier molecular flexibility index (Phi) is 4.25. The van der Waals surface area contributed by atoms with Gasteiger partial charge in [-0.15, -0.1) is 0 Å². The van der Waals surface area contributed by atoms with Crippen molar-refractivity contribution in [3.8, 4) is 0 Å². The number of hydrogen-bond donors (Lipinski definition) is 0. The van der Waals surface area contributed by atoms with Gasteiger partial charge >= 0.3 is 0 Å². The van der Waals surface area contributed by atoms with Gasteiger partial charge < -0.3 is 0 Å². The molecule has 1 aliphatic carbocycles. The van der Waals surface area contributed by atoms with Crippen LogP contribution < -0.4 is 0 Å². The topological polar surface area (TPSA) is 12.4 Å². The van der Waals surface area contributed by atoms with Crippen LogP contribution in [-0.4, -0.2) is 12.3 Å². The molecule has 0 radical (unpaired) electrons. The molecule has 0 fully saturated rings. The third kappa shape index (κ3) is 2.96. The van der Waals surface area contributed by atoms with Gasteiger partial charge in [0.15, 0.2) is 0 Å². The molecule has 0 aromatic heterocycles. The maximum Gasteiger partial charge on any atom is 0.0766 e. The average Bonchev–Trinajstić information content (AvgIpc) is 2.86. The summed E-state index contributed by atoms with van der Waals surface area (Å²) in [6.07, 6.45) is 9.87. The van der Waals surface area contributed by atoms with Crippen LogP contribution in [0.4, 0.5) is 0 Å². The molecule has 0 spiro atoms. The summed E-state index contributed by atoms with van der Waals surface area (Å²) in [6, 6.07) is 9.05. The lowest BCUT2D eigenvalue weighted by Crippen LogP contribution is -2.08. The smallest absolute Gasteiger partial charge is 0.0766 e. The first kappa shape index (κ1) is 14.5. The van der Waals surface area contributed by atoms with E-state index in [4.69, 9.17) is 0 Å². The largest absolute Gasteiger partial charge is 0.285 e. The van der Waals surface area contributed by atoms with Crippen LogP contribution in [0.25, 0.3) is 5.57 Å². The van der Waals surface area contributed by atoms with E-state index in [0.717, 1.165) is 19.3 Å². The fourth-order valence-electron chi connectivity index (χ4n) is 3.05. The van der Waals surface area contributed by atoms with Gasteiger partial charge in [-0.1, -0.05) is 58.8 Å². The molecule has 1 unspecified atom stereocenters. The Bertz CT molecular complexity index is 677. The summed E-state index contributed by atoms with van der Waals surface area (Å²) in [5.74, 6) is 0. The Morgan fingerprint density at radius 1 is 1.33 bits per heavy atom. The van der Waals surface area contributed by atoms with Crippen molar-refractivity contribution < 1.29 is 0 Å². The van der Waals surface area contributed by atoms with Crippen LogP contribution in [0.1, 0.15) is 37.3 Å². The van der Waals surface area contributed by atoms with Gasteiger partial charge in [-0.05, 0) is 54.5 Å². The minimum atomic E-state index is 0.334. The van der Waals surface area contributed by atoms with Gasteiger partial charge in [0.2, 0.25) is 0 Å². The first-order valence-corrected chi connectivity index (χ1v) is 8.39. The number of allylic oxidation sites excluding steroid dienone is 4. The molecule has 1 nitrogen and oxygen atoms in total. The molecule has 1 aromatic rings. The van der Waals surface area contributed by atoms with Crippen molar-refractivity contribution in [2.75, 3.05) is 0 Å². The zero-order valence-electron chi connectivity index (χ0n) is 12.6. The van der Waals surface area contributed by atoms with Crippen LogP contribution >= 0.6 is 15.9 Å².